The van der Waals surface area contributed by atoms with Crippen molar-refractivity contribution in [3.63, 3.8) is 0 Å². The van der Waals surface area contributed by atoms with Crippen LogP contribution in [-0.4, -0.2) is 103 Å². The number of nitrogens with zero attached hydrogens (tertiary/aromatic N) is 6. The highest BCUT2D eigenvalue weighted by molar-refractivity contribution is 6.33. The molecular formula is C45H46ClN7O5. The van der Waals surface area contributed by atoms with Crippen LogP contribution in [0.5, 0.6) is 0 Å². The van der Waals surface area contributed by atoms with E-state index in [1.54, 1.807) is 0 Å². The van der Waals surface area contributed by atoms with Gasteiger partial charge in [0.25, 0.3) is 17.7 Å². The smallest absolute Gasteiger partial charge is 0.262 e. The topological polar surface area (TPSA) is 118 Å². The highest BCUT2D eigenvalue weighted by atomic mass is 35.5. The van der Waals surface area contributed by atoms with Crippen LogP contribution >= 0.6 is 11.6 Å². The van der Waals surface area contributed by atoms with Gasteiger partial charge in [0.15, 0.2) is 0 Å². The molecule has 5 fully saturated rings. The molecule has 7 aliphatic rings. The van der Waals surface area contributed by atoms with Crippen molar-refractivity contribution in [2.75, 3.05) is 62.2 Å². The average Bonchev–Trinajstić information content (AvgIpc) is 3.71. The Kier molecular flexibility index (Phi) is 8.91. The SMILES string of the molecule is [C-]#[N+]c1ccc(N2CCC3(CCN(c4ccc(C(=O)N5CC6(CC(CN7CCc8cc9c(cc8C7)C(=O)N(C7CCC(=O)NC7=O)C9=O)C6)C5)cc4)CC3)C2)cc1Cl. The molecule has 3 aromatic rings. The second kappa shape index (κ2) is 13.9. The van der Waals surface area contributed by atoms with Crippen molar-refractivity contribution in [3.05, 3.63) is 98.9 Å². The molecule has 1 unspecified atom stereocenters. The van der Waals surface area contributed by atoms with Crippen molar-refractivity contribution >= 4 is 58.2 Å². The molecule has 4 saturated heterocycles. The number of carbonyl (C=O) groups is 5. The third-order valence-electron chi connectivity index (χ3n) is 14.3. The largest absolute Gasteiger partial charge is 0.371 e. The van der Waals surface area contributed by atoms with Gasteiger partial charge in [0, 0.05) is 92.7 Å². The number of amides is 5. The molecule has 1 aliphatic carbocycles. The Morgan fingerprint density at radius 1 is 0.793 bits per heavy atom. The summed E-state index contributed by atoms with van der Waals surface area (Å²) in [6, 6.07) is 16.7. The molecule has 5 amide bonds. The van der Waals surface area contributed by atoms with Crippen LogP contribution in [0, 0.1) is 23.3 Å². The fourth-order valence-corrected chi connectivity index (χ4v) is 11.4. The van der Waals surface area contributed by atoms with Crippen LogP contribution in [0.1, 0.15) is 87.1 Å². The van der Waals surface area contributed by atoms with Crippen LogP contribution in [0.15, 0.2) is 54.6 Å². The third-order valence-corrected chi connectivity index (χ3v) is 14.6. The molecule has 0 radical (unpaired) electrons. The fraction of sp³-hybridized carbons (Fsp3) is 0.467. The van der Waals surface area contributed by atoms with E-state index in [0.717, 1.165) is 118 Å². The van der Waals surface area contributed by atoms with Gasteiger partial charge in [0.1, 0.15) is 6.04 Å². The Hall–Kier alpha value is -5.25. The minimum absolute atomic E-state index is 0.0999. The van der Waals surface area contributed by atoms with Crippen molar-refractivity contribution in [2.24, 2.45) is 16.7 Å². The number of anilines is 2. The van der Waals surface area contributed by atoms with E-state index in [-0.39, 0.29) is 30.1 Å². The van der Waals surface area contributed by atoms with E-state index in [2.05, 4.69) is 37.0 Å². The first-order chi connectivity index (χ1) is 28.0. The lowest BCUT2D eigenvalue weighted by molar-refractivity contribution is -0.136. The second-order valence-corrected chi connectivity index (χ2v) is 18.4. The number of fused-ring (bicyclic) bond motifs is 2. The summed E-state index contributed by atoms with van der Waals surface area (Å²) in [6.07, 6.45) is 6.65. The number of hydrogen-bond donors (Lipinski definition) is 1. The van der Waals surface area contributed by atoms with E-state index >= 15 is 0 Å². The van der Waals surface area contributed by atoms with Crippen molar-refractivity contribution in [1.82, 2.24) is 20.0 Å². The number of likely N-dealkylation sites (tertiary alicyclic amines) is 1. The number of piperidine rings is 2. The van der Waals surface area contributed by atoms with Crippen molar-refractivity contribution < 1.29 is 24.0 Å². The zero-order chi connectivity index (χ0) is 39.9. The Labute approximate surface area is 342 Å². The van der Waals surface area contributed by atoms with Gasteiger partial charge in [0.05, 0.1) is 17.7 Å². The van der Waals surface area contributed by atoms with E-state index in [1.165, 1.54) is 5.69 Å². The van der Waals surface area contributed by atoms with Crippen molar-refractivity contribution in [1.29, 1.82) is 0 Å². The van der Waals surface area contributed by atoms with Crippen LogP contribution < -0.4 is 15.1 Å². The summed E-state index contributed by atoms with van der Waals surface area (Å²) in [5.41, 5.74) is 6.84. The molecule has 6 aliphatic heterocycles. The normalized spacial score (nSPS) is 23.8. The minimum Gasteiger partial charge on any atom is -0.371 e. The summed E-state index contributed by atoms with van der Waals surface area (Å²) in [5, 5.41) is 2.78. The maximum absolute atomic E-state index is 13.5. The van der Waals surface area contributed by atoms with E-state index in [0.29, 0.717) is 39.7 Å². The Bertz CT molecular complexity index is 2300. The van der Waals surface area contributed by atoms with E-state index in [1.807, 2.05) is 47.4 Å². The number of imide groups is 2. The maximum Gasteiger partial charge on any atom is 0.262 e. The molecule has 3 aromatic carbocycles. The zero-order valence-corrected chi connectivity index (χ0v) is 33.2. The number of nitrogens with one attached hydrogen (secondary N) is 1. The molecular weight excluding hydrogens is 754 g/mol. The molecule has 0 bridgehead atoms. The first-order valence-electron chi connectivity index (χ1n) is 20.7. The molecule has 298 valence electrons. The Morgan fingerprint density at radius 3 is 2.14 bits per heavy atom. The number of halogens is 1. The maximum atomic E-state index is 13.5. The molecule has 2 spiro atoms. The number of rotatable bonds is 6. The van der Waals surface area contributed by atoms with Gasteiger partial charge in [-0.05, 0) is 116 Å². The van der Waals surface area contributed by atoms with Crippen LogP contribution in [0.3, 0.4) is 0 Å². The summed E-state index contributed by atoms with van der Waals surface area (Å²) in [5.74, 6) is -1.23. The highest BCUT2D eigenvalue weighted by Gasteiger charge is 2.54. The van der Waals surface area contributed by atoms with Crippen LogP contribution in [-0.2, 0) is 22.6 Å². The van der Waals surface area contributed by atoms with Gasteiger partial charge in [-0.15, -0.1) is 0 Å². The highest BCUT2D eigenvalue weighted by Crippen LogP contribution is 2.53. The van der Waals surface area contributed by atoms with E-state index in [4.69, 9.17) is 18.2 Å². The molecule has 0 aromatic heterocycles. The van der Waals surface area contributed by atoms with Gasteiger partial charge in [-0.2, -0.15) is 0 Å². The van der Waals surface area contributed by atoms with Crippen LogP contribution in [0.25, 0.3) is 4.85 Å². The first-order valence-corrected chi connectivity index (χ1v) is 21.0. The fourth-order valence-electron chi connectivity index (χ4n) is 11.1. The molecule has 12 nitrogen and oxygen atoms in total. The van der Waals surface area contributed by atoms with Crippen molar-refractivity contribution in [3.8, 4) is 0 Å². The lowest BCUT2D eigenvalue weighted by atomic mass is 9.57. The summed E-state index contributed by atoms with van der Waals surface area (Å²) in [7, 11) is 0. The number of benzene rings is 3. The van der Waals surface area contributed by atoms with Gasteiger partial charge < -0.3 is 14.7 Å². The molecule has 1 atom stereocenters. The first kappa shape index (κ1) is 37.0. The molecule has 10 rings (SSSR count). The molecule has 58 heavy (non-hydrogen) atoms. The summed E-state index contributed by atoms with van der Waals surface area (Å²) in [4.78, 5) is 78.1. The monoisotopic (exact) mass is 799 g/mol. The standard InChI is InChI=1S/C45H46ClN7O5/c1-47-37-7-6-33(20-36(37)46)51-17-13-44(25-51)11-15-50(16-12-44)32-4-2-29(3-5-32)41(56)52-26-45(27-52)21-28(22-45)23-49-14-10-30-18-34-35(19-31(30)24-49)43(58)53(42(34)57)38-8-9-39(54)48-40(38)55/h2-7,18-20,28,38H,8-17,21-27H2,(H,48,54,55). The lowest BCUT2D eigenvalue weighted by Crippen LogP contribution is -2.64. The quantitative estimate of drug-likeness (QED) is 0.250. The molecule has 6 heterocycles. The van der Waals surface area contributed by atoms with Gasteiger partial charge >= 0.3 is 0 Å². The average molecular weight is 800 g/mol. The van der Waals surface area contributed by atoms with E-state index < -0.39 is 23.8 Å². The van der Waals surface area contributed by atoms with Gasteiger partial charge in [0.2, 0.25) is 17.5 Å². The van der Waals surface area contributed by atoms with Gasteiger partial charge in [-0.25, -0.2) is 4.85 Å². The predicted octanol–water partition coefficient (Wildman–Crippen LogP) is 5.70. The predicted molar refractivity (Wildman–Crippen MR) is 218 cm³/mol. The molecule has 13 heteroatoms. The zero-order valence-electron chi connectivity index (χ0n) is 32.5. The van der Waals surface area contributed by atoms with Crippen LogP contribution in [0.2, 0.25) is 5.02 Å². The van der Waals surface area contributed by atoms with E-state index in [9.17, 15) is 24.0 Å². The number of hydrogen-bond acceptors (Lipinski definition) is 8. The Balaban J connectivity index is 0.682. The minimum atomic E-state index is -0.961. The molecule has 1 saturated carbocycles. The number of carbonyl (C=O) groups excluding carboxylic acids is 5. The second-order valence-electron chi connectivity index (χ2n) is 18.0. The summed E-state index contributed by atoms with van der Waals surface area (Å²) in [6.45, 7) is 15.4. The van der Waals surface area contributed by atoms with Gasteiger partial charge in [-0.3, -0.25) is 39.1 Å². The lowest BCUT2D eigenvalue weighted by Gasteiger charge is -2.59. The van der Waals surface area contributed by atoms with Crippen LogP contribution in [0.4, 0.5) is 17.1 Å². The summed E-state index contributed by atoms with van der Waals surface area (Å²) < 4.78 is 0. The summed E-state index contributed by atoms with van der Waals surface area (Å²) >= 11 is 6.34. The van der Waals surface area contributed by atoms with Crippen molar-refractivity contribution in [2.45, 2.75) is 64.0 Å². The third kappa shape index (κ3) is 6.34. The Morgan fingerprint density at radius 2 is 1.47 bits per heavy atom. The molecule has 1 N–H and O–H groups in total. The van der Waals surface area contributed by atoms with Gasteiger partial charge in [-0.1, -0.05) is 17.7 Å².